The number of hydrogen-bond acceptors (Lipinski definition) is 5. The van der Waals surface area contributed by atoms with Crippen molar-refractivity contribution < 1.29 is 19.7 Å². The predicted molar refractivity (Wildman–Crippen MR) is 84.0 cm³/mol. The molecule has 0 bridgehead atoms. The van der Waals surface area contributed by atoms with Crippen molar-refractivity contribution >= 4 is 5.91 Å². The van der Waals surface area contributed by atoms with Gasteiger partial charge in [0.1, 0.15) is 6.10 Å². The number of piperidine rings is 1. The van der Waals surface area contributed by atoms with Gasteiger partial charge in [0.15, 0.2) is 0 Å². The highest BCUT2D eigenvalue weighted by molar-refractivity contribution is 5.94. The fourth-order valence-electron chi connectivity index (χ4n) is 3.55. The number of aliphatic hydroxyl groups excluding tert-OH is 1. The first kappa shape index (κ1) is 16.4. The van der Waals surface area contributed by atoms with Gasteiger partial charge < -0.3 is 19.8 Å². The summed E-state index contributed by atoms with van der Waals surface area (Å²) in [6.45, 7) is 4.87. The average Bonchev–Trinajstić information content (AvgIpc) is 2.51. The van der Waals surface area contributed by atoms with E-state index in [4.69, 9.17) is 4.74 Å². The van der Waals surface area contributed by atoms with E-state index in [1.165, 1.54) is 0 Å². The van der Waals surface area contributed by atoms with Crippen molar-refractivity contribution in [3.8, 4) is 0 Å². The Kier molecular flexibility index (Phi) is 4.16. The molecular formula is C17H24N2O4. The summed E-state index contributed by atoms with van der Waals surface area (Å²) in [5.74, 6) is -0.0151. The van der Waals surface area contributed by atoms with E-state index in [1.54, 1.807) is 19.3 Å². The van der Waals surface area contributed by atoms with E-state index in [1.807, 2.05) is 17.9 Å². The number of aryl methyl sites for hydroxylation is 1. The monoisotopic (exact) mass is 320 g/mol. The molecule has 3 rings (SSSR count). The van der Waals surface area contributed by atoms with Crippen LogP contribution in [0.25, 0.3) is 0 Å². The summed E-state index contributed by atoms with van der Waals surface area (Å²) in [5, 5.41) is 20.1. The highest BCUT2D eigenvalue weighted by Crippen LogP contribution is 2.39. The molecule has 23 heavy (non-hydrogen) atoms. The molecule has 6 nitrogen and oxygen atoms in total. The van der Waals surface area contributed by atoms with Crippen LogP contribution in [0.1, 0.15) is 42.1 Å². The van der Waals surface area contributed by atoms with Gasteiger partial charge >= 0.3 is 0 Å². The van der Waals surface area contributed by atoms with Crippen molar-refractivity contribution in [2.45, 2.75) is 50.4 Å². The third-order valence-electron chi connectivity index (χ3n) is 5.03. The largest absolute Gasteiger partial charge is 0.388 e. The molecule has 6 heteroatoms. The first-order valence-electron chi connectivity index (χ1n) is 8.07. The molecule has 0 unspecified atom stereocenters. The highest BCUT2D eigenvalue weighted by Gasteiger charge is 2.49. The maximum absolute atomic E-state index is 12.6. The smallest absolute Gasteiger partial charge is 0.255 e. The van der Waals surface area contributed by atoms with Crippen LogP contribution in [0, 0.1) is 6.92 Å². The number of hydrogen-bond donors (Lipinski definition) is 2. The number of aliphatic hydroxyl groups is 2. The van der Waals surface area contributed by atoms with Crippen LogP contribution in [0.4, 0.5) is 0 Å². The quantitative estimate of drug-likeness (QED) is 0.803. The molecule has 0 aliphatic carbocycles. The van der Waals surface area contributed by atoms with Crippen LogP contribution in [0.15, 0.2) is 18.5 Å². The Morgan fingerprint density at radius 1 is 1.39 bits per heavy atom. The zero-order valence-corrected chi connectivity index (χ0v) is 13.7. The van der Waals surface area contributed by atoms with E-state index in [-0.39, 0.29) is 12.5 Å². The third-order valence-corrected chi connectivity index (χ3v) is 5.03. The molecule has 126 valence electrons. The van der Waals surface area contributed by atoms with Gasteiger partial charge in [0.25, 0.3) is 5.91 Å². The van der Waals surface area contributed by atoms with Gasteiger partial charge in [-0.3, -0.25) is 9.78 Å². The van der Waals surface area contributed by atoms with E-state index in [0.29, 0.717) is 37.9 Å². The molecular weight excluding hydrogens is 296 g/mol. The van der Waals surface area contributed by atoms with Crippen LogP contribution >= 0.6 is 0 Å². The van der Waals surface area contributed by atoms with Gasteiger partial charge in [-0.25, -0.2) is 0 Å². The van der Waals surface area contributed by atoms with Crippen LogP contribution in [0.2, 0.25) is 0 Å². The number of carbonyl (C=O) groups excluding carboxylic acids is 1. The van der Waals surface area contributed by atoms with Crippen molar-refractivity contribution in [1.82, 2.24) is 9.88 Å². The van der Waals surface area contributed by atoms with E-state index in [2.05, 4.69) is 4.98 Å². The second-order valence-corrected chi connectivity index (χ2v) is 7.09. The Morgan fingerprint density at radius 2 is 2.09 bits per heavy atom. The fraction of sp³-hybridized carbons (Fsp3) is 0.647. The second-order valence-electron chi connectivity index (χ2n) is 7.09. The summed E-state index contributed by atoms with van der Waals surface area (Å²) in [6, 6.07) is 1.85. The molecule has 2 atom stereocenters. The van der Waals surface area contributed by atoms with Gasteiger partial charge in [-0.2, -0.15) is 0 Å². The molecule has 1 aromatic heterocycles. The summed E-state index contributed by atoms with van der Waals surface area (Å²) < 4.78 is 5.85. The number of carbonyl (C=O) groups is 1. The van der Waals surface area contributed by atoms with Crippen LogP contribution in [-0.2, 0) is 4.74 Å². The van der Waals surface area contributed by atoms with Crippen molar-refractivity contribution in [1.29, 1.82) is 0 Å². The number of rotatable bonds is 1. The van der Waals surface area contributed by atoms with Crippen LogP contribution in [0.5, 0.6) is 0 Å². The number of aromatic nitrogens is 1. The van der Waals surface area contributed by atoms with Gasteiger partial charge in [-0.05, 0) is 38.3 Å². The minimum atomic E-state index is -1.13. The summed E-state index contributed by atoms with van der Waals surface area (Å²) in [6.07, 6.45) is 4.20. The predicted octanol–water partition coefficient (Wildman–Crippen LogP) is 0.897. The van der Waals surface area contributed by atoms with Crippen LogP contribution in [0.3, 0.4) is 0 Å². The fourth-order valence-corrected chi connectivity index (χ4v) is 3.55. The van der Waals surface area contributed by atoms with E-state index >= 15 is 0 Å². The molecule has 2 N–H and O–H groups in total. The summed E-state index contributed by atoms with van der Waals surface area (Å²) in [7, 11) is 0. The van der Waals surface area contributed by atoms with Crippen LogP contribution in [-0.4, -0.2) is 63.0 Å². The molecule has 1 aromatic rings. The number of nitrogens with zero attached hydrogens (tertiary/aromatic N) is 2. The van der Waals surface area contributed by atoms with Crippen molar-refractivity contribution in [3.05, 3.63) is 29.6 Å². The lowest BCUT2D eigenvalue weighted by Crippen LogP contribution is -2.59. The zero-order valence-electron chi connectivity index (χ0n) is 13.7. The van der Waals surface area contributed by atoms with E-state index in [0.717, 1.165) is 5.56 Å². The minimum Gasteiger partial charge on any atom is -0.388 e. The maximum atomic E-state index is 12.6. The summed E-state index contributed by atoms with van der Waals surface area (Å²) >= 11 is 0. The Balaban J connectivity index is 1.66. The topological polar surface area (TPSA) is 82.9 Å². The van der Waals surface area contributed by atoms with Gasteiger partial charge in [0, 0.05) is 31.9 Å². The van der Waals surface area contributed by atoms with Crippen molar-refractivity contribution in [2.24, 2.45) is 0 Å². The van der Waals surface area contributed by atoms with Gasteiger partial charge in [0.2, 0.25) is 0 Å². The SMILES string of the molecule is Cc1cncc(C(=O)N2CCC3(CC2)C[C@](C)(O)[C@@H](O)CO3)c1. The molecule has 0 radical (unpaired) electrons. The molecule has 0 aromatic carbocycles. The number of likely N-dealkylation sites (tertiary alicyclic amines) is 1. The second kappa shape index (κ2) is 5.85. The maximum Gasteiger partial charge on any atom is 0.255 e. The van der Waals surface area contributed by atoms with E-state index in [9.17, 15) is 15.0 Å². The number of pyridine rings is 1. The van der Waals surface area contributed by atoms with Gasteiger partial charge in [0.05, 0.1) is 23.4 Å². The first-order valence-corrected chi connectivity index (χ1v) is 8.07. The molecule has 1 amide bonds. The lowest BCUT2D eigenvalue weighted by atomic mass is 9.76. The standard InChI is InChI=1S/C17H24N2O4/c1-12-7-13(9-18-8-12)15(21)19-5-3-17(4-6-19)11-16(2,22)14(20)10-23-17/h7-9,14,20,22H,3-6,10-11H2,1-2H3/t14-,16-/m0/s1. The Bertz CT molecular complexity index is 594. The Morgan fingerprint density at radius 3 is 2.70 bits per heavy atom. The number of ether oxygens (including phenoxy) is 1. The van der Waals surface area contributed by atoms with Gasteiger partial charge in [-0.1, -0.05) is 0 Å². The minimum absolute atomic E-state index is 0.0151. The highest BCUT2D eigenvalue weighted by atomic mass is 16.5. The van der Waals surface area contributed by atoms with E-state index < -0.39 is 17.3 Å². The molecule has 1 spiro atoms. The molecule has 2 aliphatic rings. The van der Waals surface area contributed by atoms with Crippen molar-refractivity contribution in [2.75, 3.05) is 19.7 Å². The molecule has 3 heterocycles. The lowest BCUT2D eigenvalue weighted by Gasteiger charge is -2.49. The van der Waals surface area contributed by atoms with Gasteiger partial charge in [-0.15, -0.1) is 0 Å². The normalized spacial score (nSPS) is 30.4. The lowest BCUT2D eigenvalue weighted by molar-refractivity contribution is -0.221. The summed E-state index contributed by atoms with van der Waals surface area (Å²) in [5.41, 5.74) is -0.00664. The molecule has 2 saturated heterocycles. The Hall–Kier alpha value is -1.50. The average molecular weight is 320 g/mol. The molecule has 2 aliphatic heterocycles. The third kappa shape index (κ3) is 3.24. The first-order chi connectivity index (χ1) is 10.8. The van der Waals surface area contributed by atoms with Crippen molar-refractivity contribution in [3.63, 3.8) is 0 Å². The zero-order chi connectivity index (χ0) is 16.7. The summed E-state index contributed by atoms with van der Waals surface area (Å²) in [4.78, 5) is 18.4. The van der Waals surface area contributed by atoms with Crippen LogP contribution < -0.4 is 0 Å². The Labute approximate surface area is 136 Å². The molecule has 0 saturated carbocycles. The number of amides is 1. The molecule has 2 fully saturated rings.